The number of benzene rings is 1. The molecule has 22 heavy (non-hydrogen) atoms. The fraction of sp³-hybridized carbons (Fsp3) is 0.684. The van der Waals surface area contributed by atoms with Crippen molar-refractivity contribution in [2.75, 3.05) is 13.7 Å². The number of methoxy groups -OCH3 is 1. The first kappa shape index (κ1) is 16.2. The summed E-state index contributed by atoms with van der Waals surface area (Å²) in [6, 6.07) is 8.11. The molecular weight excluding hydrogens is 292 g/mol. The lowest BCUT2D eigenvalue weighted by Crippen LogP contribution is -2.56. The standard InChI is InChI=1S/C19H28O2S/c1-19(2)14-10-17(19)16(18(22)11-14)8-9-21-12-13-4-6-15(20-3)7-5-13/h4-7,14,16-18,22H,8-12H2,1-3H3/t14?,16-,17?,18-/m1/s1. The maximum absolute atomic E-state index is 5.90. The molecule has 0 radical (unpaired) electrons. The summed E-state index contributed by atoms with van der Waals surface area (Å²) in [4.78, 5) is 0. The Bertz CT molecular complexity index is 497. The Labute approximate surface area is 140 Å². The third-order valence-electron chi connectivity index (χ3n) is 6.11. The van der Waals surface area contributed by atoms with Gasteiger partial charge in [-0.15, -0.1) is 0 Å². The molecular formula is C19H28O2S. The van der Waals surface area contributed by atoms with Gasteiger partial charge in [-0.3, -0.25) is 0 Å². The van der Waals surface area contributed by atoms with Gasteiger partial charge in [0.15, 0.2) is 0 Å². The second-order valence-electron chi connectivity index (χ2n) is 7.52. The van der Waals surface area contributed by atoms with Gasteiger partial charge in [-0.05, 0) is 60.1 Å². The van der Waals surface area contributed by atoms with Crippen LogP contribution in [-0.4, -0.2) is 19.0 Å². The van der Waals surface area contributed by atoms with Crippen molar-refractivity contribution >= 4 is 12.6 Å². The molecule has 2 bridgehead atoms. The molecule has 0 amide bonds. The molecule has 1 aromatic rings. The monoisotopic (exact) mass is 320 g/mol. The predicted molar refractivity (Wildman–Crippen MR) is 93.5 cm³/mol. The van der Waals surface area contributed by atoms with Gasteiger partial charge < -0.3 is 9.47 Å². The van der Waals surface area contributed by atoms with Crippen LogP contribution in [0.15, 0.2) is 24.3 Å². The van der Waals surface area contributed by atoms with E-state index in [1.165, 1.54) is 18.4 Å². The topological polar surface area (TPSA) is 18.5 Å². The Morgan fingerprint density at radius 1 is 1.18 bits per heavy atom. The van der Waals surface area contributed by atoms with Gasteiger partial charge in [0, 0.05) is 11.9 Å². The third-order valence-corrected chi connectivity index (χ3v) is 6.70. The van der Waals surface area contributed by atoms with Crippen LogP contribution < -0.4 is 4.74 Å². The maximum atomic E-state index is 5.90. The highest BCUT2D eigenvalue weighted by Gasteiger charge is 2.56. The van der Waals surface area contributed by atoms with Crippen molar-refractivity contribution in [2.24, 2.45) is 23.2 Å². The molecule has 3 fully saturated rings. The van der Waals surface area contributed by atoms with Crippen molar-refractivity contribution in [2.45, 2.75) is 45.0 Å². The zero-order valence-electron chi connectivity index (χ0n) is 13.9. The normalized spacial score (nSPS) is 32.4. The van der Waals surface area contributed by atoms with Gasteiger partial charge in [-0.25, -0.2) is 0 Å². The van der Waals surface area contributed by atoms with Gasteiger partial charge in [0.25, 0.3) is 0 Å². The molecule has 3 heteroatoms. The average Bonchev–Trinajstić information content (AvgIpc) is 2.52. The Balaban J connectivity index is 1.44. The first-order valence-electron chi connectivity index (χ1n) is 8.41. The van der Waals surface area contributed by atoms with Crippen LogP contribution in [0.5, 0.6) is 5.75 Å². The summed E-state index contributed by atoms with van der Waals surface area (Å²) < 4.78 is 11.1. The van der Waals surface area contributed by atoms with E-state index < -0.39 is 0 Å². The fourth-order valence-electron chi connectivity index (χ4n) is 4.44. The minimum Gasteiger partial charge on any atom is -0.497 e. The molecule has 2 nitrogen and oxygen atoms in total. The van der Waals surface area contributed by atoms with E-state index in [9.17, 15) is 0 Å². The Morgan fingerprint density at radius 2 is 1.91 bits per heavy atom. The minimum absolute atomic E-state index is 0.528. The highest BCUT2D eigenvalue weighted by molar-refractivity contribution is 7.81. The molecule has 2 unspecified atom stereocenters. The smallest absolute Gasteiger partial charge is 0.118 e. The van der Waals surface area contributed by atoms with Crippen molar-refractivity contribution in [1.29, 1.82) is 0 Å². The molecule has 3 saturated carbocycles. The summed E-state index contributed by atoms with van der Waals surface area (Å²) in [6.07, 6.45) is 3.84. The van der Waals surface area contributed by atoms with Crippen molar-refractivity contribution in [3.8, 4) is 5.75 Å². The van der Waals surface area contributed by atoms with Crippen molar-refractivity contribution in [1.82, 2.24) is 0 Å². The Kier molecular flexibility index (Phi) is 4.75. The van der Waals surface area contributed by atoms with Crippen LogP contribution in [-0.2, 0) is 11.3 Å². The zero-order chi connectivity index (χ0) is 15.7. The molecule has 0 spiro atoms. The van der Waals surface area contributed by atoms with Crippen LogP contribution in [0.3, 0.4) is 0 Å². The van der Waals surface area contributed by atoms with E-state index in [2.05, 4.69) is 26.0 Å². The number of rotatable bonds is 6. The molecule has 3 aliphatic carbocycles. The molecule has 0 heterocycles. The van der Waals surface area contributed by atoms with E-state index in [0.717, 1.165) is 36.5 Å². The first-order chi connectivity index (χ1) is 10.5. The minimum atomic E-state index is 0.528. The predicted octanol–water partition coefficient (Wildman–Crippen LogP) is 4.58. The van der Waals surface area contributed by atoms with Crippen LogP contribution in [0.2, 0.25) is 0 Å². The van der Waals surface area contributed by atoms with Gasteiger partial charge >= 0.3 is 0 Å². The van der Waals surface area contributed by atoms with Crippen molar-refractivity contribution in [3.05, 3.63) is 29.8 Å². The van der Waals surface area contributed by atoms with Gasteiger partial charge in [0.2, 0.25) is 0 Å². The summed E-state index contributed by atoms with van der Waals surface area (Å²) in [5.41, 5.74) is 1.73. The molecule has 0 aliphatic heterocycles. The van der Waals surface area contributed by atoms with Crippen LogP contribution in [0.4, 0.5) is 0 Å². The van der Waals surface area contributed by atoms with E-state index >= 15 is 0 Å². The van der Waals surface area contributed by atoms with Gasteiger partial charge in [-0.2, -0.15) is 12.6 Å². The quantitative estimate of drug-likeness (QED) is 0.611. The second kappa shape index (κ2) is 6.45. The largest absolute Gasteiger partial charge is 0.497 e. The van der Waals surface area contributed by atoms with E-state index in [0.29, 0.717) is 17.3 Å². The maximum Gasteiger partial charge on any atom is 0.118 e. The number of thiol groups is 1. The SMILES string of the molecule is COc1ccc(COCC[C@@H]2C3CC(C[C@H]2S)C3(C)C)cc1. The molecule has 122 valence electrons. The molecule has 3 aliphatic rings. The average molecular weight is 320 g/mol. The van der Waals surface area contributed by atoms with Crippen LogP contribution in [0.1, 0.15) is 38.7 Å². The molecule has 0 N–H and O–H groups in total. The van der Waals surface area contributed by atoms with Gasteiger partial charge in [0.05, 0.1) is 13.7 Å². The van der Waals surface area contributed by atoms with E-state index in [1.807, 2.05) is 12.1 Å². The van der Waals surface area contributed by atoms with Crippen molar-refractivity contribution < 1.29 is 9.47 Å². The zero-order valence-corrected chi connectivity index (χ0v) is 14.8. The van der Waals surface area contributed by atoms with E-state index in [4.69, 9.17) is 22.1 Å². The lowest BCUT2D eigenvalue weighted by atomic mass is 9.45. The second-order valence-corrected chi connectivity index (χ2v) is 8.18. The van der Waals surface area contributed by atoms with E-state index in [-0.39, 0.29) is 0 Å². The number of hydrogen-bond donors (Lipinski definition) is 1. The summed E-state index contributed by atoms with van der Waals surface area (Å²) in [6.45, 7) is 6.41. The molecule has 0 aromatic heterocycles. The molecule has 4 rings (SSSR count). The molecule has 4 atom stereocenters. The highest BCUT2D eigenvalue weighted by Crippen LogP contribution is 2.62. The number of fused-ring (bicyclic) bond motifs is 2. The van der Waals surface area contributed by atoms with Crippen LogP contribution in [0, 0.1) is 23.2 Å². The van der Waals surface area contributed by atoms with E-state index in [1.54, 1.807) is 7.11 Å². The van der Waals surface area contributed by atoms with Crippen molar-refractivity contribution in [3.63, 3.8) is 0 Å². The third kappa shape index (κ3) is 3.03. The molecule has 0 saturated heterocycles. The summed E-state index contributed by atoms with van der Waals surface area (Å²) in [5.74, 6) is 3.36. The Morgan fingerprint density at radius 3 is 2.55 bits per heavy atom. The lowest BCUT2D eigenvalue weighted by molar-refractivity contribution is -0.107. The van der Waals surface area contributed by atoms with Gasteiger partial charge in [-0.1, -0.05) is 26.0 Å². The first-order valence-corrected chi connectivity index (χ1v) is 8.92. The highest BCUT2D eigenvalue weighted by atomic mass is 32.1. The summed E-state index contributed by atoms with van der Waals surface area (Å²) in [5, 5.41) is 0.571. The number of hydrogen-bond acceptors (Lipinski definition) is 3. The number of ether oxygens (including phenoxy) is 2. The van der Waals surface area contributed by atoms with Gasteiger partial charge in [0.1, 0.15) is 5.75 Å². The van der Waals surface area contributed by atoms with Crippen LogP contribution >= 0.6 is 12.6 Å². The van der Waals surface area contributed by atoms with Crippen LogP contribution in [0.25, 0.3) is 0 Å². The summed E-state index contributed by atoms with van der Waals surface area (Å²) in [7, 11) is 1.69. The molecule has 1 aromatic carbocycles. The Hall–Kier alpha value is -0.670. The lowest BCUT2D eigenvalue weighted by Gasteiger charge is -2.62. The summed E-state index contributed by atoms with van der Waals surface area (Å²) >= 11 is 4.85. The fourth-order valence-corrected chi connectivity index (χ4v) is 5.05.